The molecule has 0 radical (unpaired) electrons. The van der Waals surface area contributed by atoms with Crippen molar-refractivity contribution < 1.29 is 37.3 Å². The highest BCUT2D eigenvalue weighted by Crippen LogP contribution is 2.37. The van der Waals surface area contributed by atoms with Gasteiger partial charge in [-0.2, -0.15) is 0 Å². The van der Waals surface area contributed by atoms with Crippen LogP contribution in [0.2, 0.25) is 0 Å². The molecular weight excluding hydrogens is 451 g/mol. The van der Waals surface area contributed by atoms with Crippen molar-refractivity contribution in [3.05, 3.63) is 48.0 Å². The normalized spacial score (nSPS) is 15.2. The first-order valence-electron chi connectivity index (χ1n) is 11.1. The van der Waals surface area contributed by atoms with Crippen LogP contribution in [0.5, 0.6) is 11.5 Å². The molecule has 0 saturated carbocycles. The molecule has 34 heavy (non-hydrogen) atoms. The van der Waals surface area contributed by atoms with Crippen LogP contribution in [0.3, 0.4) is 0 Å². The standard InChI is InChI=1S/C25H30F3NO5/c1-24(2,3)34-23(31)29-11-9-17(10-12-29)16-32-22-14-20(7-8-21(22)33-25(26,27)28)19-6-4-5-18(13-19)15-30/h4-8,13-14,17,30H,9-12,15-16H2,1-3H3. The summed E-state index contributed by atoms with van der Waals surface area (Å²) in [6.07, 6.45) is -3.93. The van der Waals surface area contributed by atoms with E-state index in [0.29, 0.717) is 37.1 Å². The second-order valence-corrected chi connectivity index (χ2v) is 9.29. The van der Waals surface area contributed by atoms with E-state index < -0.39 is 17.7 Å². The molecule has 0 aliphatic carbocycles. The molecule has 0 atom stereocenters. The molecule has 2 aromatic rings. The van der Waals surface area contributed by atoms with Crippen LogP contribution >= 0.6 is 0 Å². The Morgan fingerprint density at radius 1 is 1.03 bits per heavy atom. The Bertz CT molecular complexity index is 979. The number of rotatable bonds is 6. The van der Waals surface area contributed by atoms with Crippen LogP contribution in [0.25, 0.3) is 11.1 Å². The summed E-state index contributed by atoms with van der Waals surface area (Å²) in [6, 6.07) is 11.3. The highest BCUT2D eigenvalue weighted by Gasteiger charge is 2.33. The zero-order valence-corrected chi connectivity index (χ0v) is 19.5. The van der Waals surface area contributed by atoms with E-state index in [0.717, 1.165) is 5.56 Å². The lowest BCUT2D eigenvalue weighted by Gasteiger charge is -2.33. The second-order valence-electron chi connectivity index (χ2n) is 9.29. The number of piperidine rings is 1. The zero-order chi connectivity index (χ0) is 24.9. The van der Waals surface area contributed by atoms with E-state index in [1.54, 1.807) is 49.9 Å². The van der Waals surface area contributed by atoms with E-state index in [1.807, 2.05) is 0 Å². The quantitative estimate of drug-likeness (QED) is 0.567. The van der Waals surface area contributed by atoms with E-state index in [2.05, 4.69) is 4.74 Å². The SMILES string of the molecule is CC(C)(C)OC(=O)N1CCC(COc2cc(-c3cccc(CO)c3)ccc2OC(F)(F)F)CC1. The number of halogens is 3. The number of ether oxygens (including phenoxy) is 3. The Balaban J connectivity index is 1.69. The molecule has 2 aromatic carbocycles. The van der Waals surface area contributed by atoms with Crippen LogP contribution in [0.1, 0.15) is 39.2 Å². The fourth-order valence-corrected chi connectivity index (χ4v) is 3.67. The van der Waals surface area contributed by atoms with Crippen molar-refractivity contribution in [1.82, 2.24) is 4.90 Å². The van der Waals surface area contributed by atoms with Crippen molar-refractivity contribution in [2.75, 3.05) is 19.7 Å². The molecule has 1 heterocycles. The van der Waals surface area contributed by atoms with Crippen LogP contribution in [0.15, 0.2) is 42.5 Å². The monoisotopic (exact) mass is 481 g/mol. The van der Waals surface area contributed by atoms with Crippen LogP contribution in [0, 0.1) is 5.92 Å². The number of nitrogens with zero attached hydrogens (tertiary/aromatic N) is 1. The number of amides is 1. The number of aliphatic hydroxyl groups excluding tert-OH is 1. The van der Waals surface area contributed by atoms with Gasteiger partial charge < -0.3 is 24.2 Å². The number of carbonyl (C=O) groups excluding carboxylic acids is 1. The van der Waals surface area contributed by atoms with Gasteiger partial charge in [0.05, 0.1) is 13.2 Å². The molecule has 6 nitrogen and oxygen atoms in total. The molecule has 0 unspecified atom stereocenters. The van der Waals surface area contributed by atoms with Crippen molar-refractivity contribution in [1.29, 1.82) is 0 Å². The minimum absolute atomic E-state index is 0.0150. The molecule has 186 valence electrons. The lowest BCUT2D eigenvalue weighted by molar-refractivity contribution is -0.275. The third kappa shape index (κ3) is 7.55. The fourth-order valence-electron chi connectivity index (χ4n) is 3.67. The summed E-state index contributed by atoms with van der Waals surface area (Å²) in [4.78, 5) is 13.9. The van der Waals surface area contributed by atoms with Crippen LogP contribution in [-0.4, -0.2) is 47.8 Å². The largest absolute Gasteiger partial charge is 0.573 e. The number of carbonyl (C=O) groups is 1. The Labute approximate surface area is 197 Å². The molecule has 1 amide bonds. The average Bonchev–Trinajstić information content (AvgIpc) is 2.76. The fraction of sp³-hybridized carbons (Fsp3) is 0.480. The lowest BCUT2D eigenvalue weighted by Crippen LogP contribution is -2.42. The molecule has 1 N–H and O–H groups in total. The lowest BCUT2D eigenvalue weighted by atomic mass is 9.98. The molecule has 0 spiro atoms. The Kier molecular flexibility index (Phi) is 7.97. The minimum atomic E-state index is -4.85. The van der Waals surface area contributed by atoms with E-state index in [1.165, 1.54) is 18.2 Å². The average molecular weight is 482 g/mol. The minimum Gasteiger partial charge on any atom is -0.489 e. The summed E-state index contributed by atoms with van der Waals surface area (Å²) >= 11 is 0. The molecular formula is C25H30F3NO5. The van der Waals surface area contributed by atoms with Gasteiger partial charge in [0, 0.05) is 13.1 Å². The summed E-state index contributed by atoms with van der Waals surface area (Å²) in [7, 11) is 0. The topological polar surface area (TPSA) is 68.2 Å². The van der Waals surface area contributed by atoms with Crippen molar-refractivity contribution in [3.63, 3.8) is 0 Å². The van der Waals surface area contributed by atoms with Crippen LogP contribution in [0.4, 0.5) is 18.0 Å². The summed E-state index contributed by atoms with van der Waals surface area (Å²) in [6.45, 7) is 6.44. The molecule has 3 rings (SSSR count). The van der Waals surface area contributed by atoms with Gasteiger partial charge in [-0.3, -0.25) is 0 Å². The maximum atomic E-state index is 12.9. The Morgan fingerprint density at radius 2 is 1.71 bits per heavy atom. The van der Waals surface area contributed by atoms with Crippen molar-refractivity contribution >= 4 is 6.09 Å². The zero-order valence-electron chi connectivity index (χ0n) is 19.5. The number of hydrogen-bond donors (Lipinski definition) is 1. The number of likely N-dealkylation sites (tertiary alicyclic amines) is 1. The highest BCUT2D eigenvalue weighted by atomic mass is 19.4. The van der Waals surface area contributed by atoms with Crippen LogP contribution in [-0.2, 0) is 11.3 Å². The number of alkyl halides is 3. The predicted octanol–water partition coefficient (Wildman–Crippen LogP) is 5.77. The first kappa shape index (κ1) is 25.7. The third-order valence-corrected chi connectivity index (χ3v) is 5.35. The third-order valence-electron chi connectivity index (χ3n) is 5.35. The maximum Gasteiger partial charge on any atom is 0.573 e. The molecule has 9 heteroatoms. The molecule has 0 bridgehead atoms. The number of hydrogen-bond acceptors (Lipinski definition) is 5. The second kappa shape index (κ2) is 10.5. The van der Waals surface area contributed by atoms with Crippen molar-refractivity contribution in [3.8, 4) is 22.6 Å². The van der Waals surface area contributed by atoms with Gasteiger partial charge in [0.15, 0.2) is 11.5 Å². The van der Waals surface area contributed by atoms with Gasteiger partial charge in [-0.05, 0) is 74.4 Å². The first-order chi connectivity index (χ1) is 15.9. The van der Waals surface area contributed by atoms with Crippen LogP contribution < -0.4 is 9.47 Å². The molecule has 1 aliphatic rings. The summed E-state index contributed by atoms with van der Waals surface area (Å²) in [5.41, 5.74) is 1.49. The Hall–Kier alpha value is -2.94. The summed E-state index contributed by atoms with van der Waals surface area (Å²) in [5.74, 6) is -0.363. The van der Waals surface area contributed by atoms with Gasteiger partial charge in [0.1, 0.15) is 5.60 Å². The number of aliphatic hydroxyl groups is 1. The van der Waals surface area contributed by atoms with E-state index >= 15 is 0 Å². The van der Waals surface area contributed by atoms with E-state index in [-0.39, 0.29) is 31.0 Å². The molecule has 0 aromatic heterocycles. The van der Waals surface area contributed by atoms with E-state index in [9.17, 15) is 23.1 Å². The summed E-state index contributed by atoms with van der Waals surface area (Å²) < 4.78 is 54.1. The van der Waals surface area contributed by atoms with E-state index in [4.69, 9.17) is 9.47 Å². The van der Waals surface area contributed by atoms with Gasteiger partial charge in [0.25, 0.3) is 0 Å². The predicted molar refractivity (Wildman–Crippen MR) is 121 cm³/mol. The smallest absolute Gasteiger partial charge is 0.489 e. The van der Waals surface area contributed by atoms with Gasteiger partial charge in [-0.25, -0.2) is 4.79 Å². The van der Waals surface area contributed by atoms with Gasteiger partial charge in [0.2, 0.25) is 0 Å². The summed E-state index contributed by atoms with van der Waals surface area (Å²) in [5, 5.41) is 9.37. The molecule has 1 saturated heterocycles. The maximum absolute atomic E-state index is 12.9. The van der Waals surface area contributed by atoms with Gasteiger partial charge in [-0.15, -0.1) is 13.2 Å². The molecule has 1 aliphatic heterocycles. The van der Waals surface area contributed by atoms with Crippen molar-refractivity contribution in [2.24, 2.45) is 5.92 Å². The van der Waals surface area contributed by atoms with Crippen molar-refractivity contribution in [2.45, 2.75) is 52.2 Å². The first-order valence-corrected chi connectivity index (χ1v) is 11.1. The van der Waals surface area contributed by atoms with Gasteiger partial charge >= 0.3 is 12.5 Å². The molecule has 1 fully saturated rings. The van der Waals surface area contributed by atoms with Gasteiger partial charge in [-0.1, -0.05) is 24.3 Å². The number of benzene rings is 2. The Morgan fingerprint density at radius 3 is 2.32 bits per heavy atom. The highest BCUT2D eigenvalue weighted by molar-refractivity contribution is 5.68.